The van der Waals surface area contributed by atoms with E-state index in [0.29, 0.717) is 19.0 Å². The highest BCUT2D eigenvalue weighted by Gasteiger charge is 2.52. The third kappa shape index (κ3) is 2.57. The summed E-state index contributed by atoms with van der Waals surface area (Å²) in [6, 6.07) is 0.0882. The van der Waals surface area contributed by atoms with Crippen LogP contribution in [-0.2, 0) is 9.31 Å². The summed E-state index contributed by atoms with van der Waals surface area (Å²) in [5.41, 5.74) is -0.00744. The Morgan fingerprint density at radius 1 is 1.16 bits per heavy atom. The van der Waals surface area contributed by atoms with Crippen molar-refractivity contribution in [3.05, 3.63) is 12.4 Å². The molecule has 0 aromatic carbocycles. The van der Waals surface area contributed by atoms with Crippen LogP contribution in [0.4, 0.5) is 10.7 Å². The zero-order valence-corrected chi connectivity index (χ0v) is 15.0. The minimum absolute atomic E-state index is 0.0441. The molecule has 134 valence electrons. The van der Waals surface area contributed by atoms with Crippen LogP contribution >= 0.6 is 0 Å². The van der Waals surface area contributed by atoms with Gasteiger partial charge in [-0.3, -0.25) is 4.90 Å². The van der Waals surface area contributed by atoms with Crippen LogP contribution < -0.4 is 10.4 Å². The number of hydrogen-bond acceptors (Lipinski definition) is 6. The predicted molar refractivity (Wildman–Crippen MR) is 92.0 cm³/mol. The van der Waals surface area contributed by atoms with Gasteiger partial charge in [-0.25, -0.2) is 14.8 Å². The minimum Gasteiger partial charge on any atom is -0.465 e. The number of carboxylic acid groups (broad SMARTS) is 1. The fraction of sp³-hybridized carbons (Fsp3) is 0.688. The maximum Gasteiger partial charge on any atom is 0.498 e. The zero-order valence-electron chi connectivity index (χ0n) is 15.0. The number of hydrogen-bond donors (Lipinski definition) is 1. The number of nitrogens with zero attached hydrogens (tertiary/aromatic N) is 4. The third-order valence-electron chi connectivity index (χ3n) is 5.88. The Hall–Kier alpha value is -1.87. The Balaban J connectivity index is 1.45. The second kappa shape index (κ2) is 5.31. The lowest BCUT2D eigenvalue weighted by Gasteiger charge is -2.54. The summed E-state index contributed by atoms with van der Waals surface area (Å²) >= 11 is 0. The number of amides is 1. The third-order valence-corrected chi connectivity index (χ3v) is 5.88. The summed E-state index contributed by atoms with van der Waals surface area (Å²) < 4.78 is 12.0. The topological polar surface area (TPSA) is 88.0 Å². The molecule has 2 unspecified atom stereocenters. The quantitative estimate of drug-likeness (QED) is 0.790. The molecular formula is C16H23BN4O4. The van der Waals surface area contributed by atoms with Crippen LogP contribution in [0, 0.1) is 0 Å². The van der Waals surface area contributed by atoms with E-state index in [1.165, 1.54) is 4.90 Å². The SMILES string of the molecule is CC1(C)OB(c2cnc(N3CC4CC(C3)N4C(=O)O)nc2)OC1(C)C. The number of fused-ring (bicyclic) bond motifs is 2. The highest BCUT2D eigenvalue weighted by Crippen LogP contribution is 2.36. The van der Waals surface area contributed by atoms with Crippen LogP contribution in [0.3, 0.4) is 0 Å². The molecule has 9 heteroatoms. The van der Waals surface area contributed by atoms with Crippen LogP contribution in [0.2, 0.25) is 0 Å². The second-order valence-electron chi connectivity index (χ2n) is 8.04. The van der Waals surface area contributed by atoms with Crippen LogP contribution in [0.1, 0.15) is 34.1 Å². The fourth-order valence-corrected chi connectivity index (χ4v) is 3.68. The van der Waals surface area contributed by atoms with Gasteiger partial charge < -0.3 is 19.3 Å². The lowest BCUT2D eigenvalue weighted by atomic mass is 9.81. The van der Waals surface area contributed by atoms with E-state index in [4.69, 9.17) is 9.31 Å². The molecule has 25 heavy (non-hydrogen) atoms. The minimum atomic E-state index is -0.835. The summed E-state index contributed by atoms with van der Waals surface area (Å²) in [4.78, 5) is 23.7. The molecule has 2 atom stereocenters. The number of piperidine rings is 1. The van der Waals surface area contributed by atoms with Gasteiger partial charge in [0.25, 0.3) is 0 Å². The maximum absolute atomic E-state index is 11.2. The molecule has 4 fully saturated rings. The normalized spacial score (nSPS) is 29.5. The average molecular weight is 346 g/mol. The lowest BCUT2D eigenvalue weighted by molar-refractivity contribution is 0.00578. The molecule has 1 amide bonds. The van der Waals surface area contributed by atoms with E-state index in [9.17, 15) is 9.90 Å². The lowest BCUT2D eigenvalue weighted by Crippen LogP contribution is -2.70. The molecule has 4 aliphatic rings. The second-order valence-corrected chi connectivity index (χ2v) is 8.04. The number of anilines is 1. The van der Waals surface area contributed by atoms with Crippen molar-refractivity contribution in [1.82, 2.24) is 14.9 Å². The van der Waals surface area contributed by atoms with Gasteiger partial charge in [0.1, 0.15) is 0 Å². The molecule has 0 aliphatic carbocycles. The highest BCUT2D eigenvalue weighted by atomic mass is 16.7. The number of piperazine rings is 1. The Labute approximate surface area is 147 Å². The van der Waals surface area contributed by atoms with E-state index >= 15 is 0 Å². The van der Waals surface area contributed by atoms with E-state index in [1.54, 1.807) is 12.4 Å². The van der Waals surface area contributed by atoms with Crippen molar-refractivity contribution in [3.8, 4) is 0 Å². The molecule has 8 nitrogen and oxygen atoms in total. The van der Waals surface area contributed by atoms with Crippen LogP contribution in [-0.4, -0.2) is 69.6 Å². The van der Waals surface area contributed by atoms with E-state index in [2.05, 4.69) is 9.97 Å². The average Bonchev–Trinajstić information content (AvgIpc) is 2.75. The summed E-state index contributed by atoms with van der Waals surface area (Å²) in [5, 5.41) is 9.19. The number of carbonyl (C=O) groups is 1. The molecular weight excluding hydrogens is 323 g/mol. The van der Waals surface area contributed by atoms with Crippen molar-refractivity contribution in [1.29, 1.82) is 0 Å². The van der Waals surface area contributed by atoms with Gasteiger partial charge >= 0.3 is 13.2 Å². The predicted octanol–water partition coefficient (Wildman–Crippen LogP) is 0.717. The van der Waals surface area contributed by atoms with Gasteiger partial charge in [0, 0.05) is 30.9 Å². The van der Waals surface area contributed by atoms with Gasteiger partial charge in [-0.1, -0.05) is 0 Å². The zero-order chi connectivity index (χ0) is 18.0. The molecule has 0 saturated carbocycles. The van der Waals surface area contributed by atoms with Gasteiger partial charge in [0.05, 0.1) is 23.3 Å². The van der Waals surface area contributed by atoms with Crippen LogP contribution in [0.5, 0.6) is 0 Å². The van der Waals surface area contributed by atoms with Crippen molar-refractivity contribution in [2.24, 2.45) is 0 Å². The molecule has 5 heterocycles. The van der Waals surface area contributed by atoms with Crippen molar-refractivity contribution in [2.75, 3.05) is 18.0 Å². The molecule has 5 rings (SSSR count). The first-order valence-corrected chi connectivity index (χ1v) is 8.62. The summed E-state index contributed by atoms with van der Waals surface area (Å²) in [6.45, 7) is 9.32. The molecule has 0 radical (unpaired) electrons. The Morgan fingerprint density at radius 3 is 2.16 bits per heavy atom. The first-order valence-electron chi connectivity index (χ1n) is 8.62. The number of aromatic nitrogens is 2. The molecule has 1 aromatic rings. The van der Waals surface area contributed by atoms with Crippen molar-refractivity contribution in [2.45, 2.75) is 57.4 Å². The van der Waals surface area contributed by atoms with E-state index in [0.717, 1.165) is 11.9 Å². The van der Waals surface area contributed by atoms with Crippen molar-refractivity contribution >= 4 is 24.6 Å². The molecule has 4 aliphatic heterocycles. The monoisotopic (exact) mass is 346 g/mol. The Kier molecular flexibility index (Phi) is 3.53. The van der Waals surface area contributed by atoms with Gasteiger partial charge in [-0.15, -0.1) is 0 Å². The largest absolute Gasteiger partial charge is 0.498 e. The van der Waals surface area contributed by atoms with Crippen molar-refractivity contribution in [3.63, 3.8) is 0 Å². The first kappa shape index (κ1) is 16.6. The van der Waals surface area contributed by atoms with Gasteiger partial charge in [-0.05, 0) is 34.1 Å². The van der Waals surface area contributed by atoms with Gasteiger partial charge in [0.15, 0.2) is 0 Å². The van der Waals surface area contributed by atoms with Crippen molar-refractivity contribution < 1.29 is 19.2 Å². The van der Waals surface area contributed by atoms with E-state index < -0.39 is 24.4 Å². The summed E-state index contributed by atoms with van der Waals surface area (Å²) in [7, 11) is -0.476. The smallest absolute Gasteiger partial charge is 0.465 e. The first-order chi connectivity index (χ1) is 11.7. The Morgan fingerprint density at radius 2 is 1.68 bits per heavy atom. The summed E-state index contributed by atoms with van der Waals surface area (Å²) in [5.74, 6) is 0.625. The maximum atomic E-state index is 11.2. The fourth-order valence-electron chi connectivity index (χ4n) is 3.68. The molecule has 0 spiro atoms. The number of rotatable bonds is 2. The van der Waals surface area contributed by atoms with Crippen LogP contribution in [0.25, 0.3) is 0 Å². The van der Waals surface area contributed by atoms with Gasteiger partial charge in [-0.2, -0.15) is 0 Å². The van der Waals surface area contributed by atoms with Crippen LogP contribution in [0.15, 0.2) is 12.4 Å². The Bertz CT molecular complexity index is 668. The molecule has 4 saturated heterocycles. The van der Waals surface area contributed by atoms with E-state index in [-0.39, 0.29) is 12.1 Å². The van der Waals surface area contributed by atoms with E-state index in [1.807, 2.05) is 32.6 Å². The molecule has 2 bridgehead atoms. The highest BCUT2D eigenvalue weighted by molar-refractivity contribution is 6.61. The molecule has 1 aromatic heterocycles. The van der Waals surface area contributed by atoms with Gasteiger partial charge in [0.2, 0.25) is 5.95 Å². The molecule has 1 N–H and O–H groups in total. The summed E-state index contributed by atoms with van der Waals surface area (Å²) in [6.07, 6.45) is 3.56. The standard InChI is InChI=1S/C16H23BN4O4/c1-15(2)16(3,4)25-17(24-15)10-6-18-13(19-7-10)20-8-11-5-12(9-20)21(11)14(22)23/h6-7,11-12H,5,8-9H2,1-4H3,(H,22,23).